The minimum absolute atomic E-state index is 0.0436. The van der Waals surface area contributed by atoms with Crippen LogP contribution in [0.1, 0.15) is 50.6 Å². The van der Waals surface area contributed by atoms with Gasteiger partial charge < -0.3 is 10.2 Å². The van der Waals surface area contributed by atoms with Crippen LogP contribution in [0.15, 0.2) is 22.9 Å². The van der Waals surface area contributed by atoms with Crippen LogP contribution in [0.5, 0.6) is 0 Å². The first-order valence-corrected chi connectivity index (χ1v) is 11.5. The van der Waals surface area contributed by atoms with Crippen molar-refractivity contribution in [3.8, 4) is 9.88 Å². The number of thiophene rings is 1. The average molecular weight is 404 g/mol. The highest BCUT2D eigenvalue weighted by molar-refractivity contribution is 7.20. The Hall–Kier alpha value is -1.73. The number of thiazole rings is 1. The van der Waals surface area contributed by atoms with Gasteiger partial charge in [-0.25, -0.2) is 4.98 Å². The molecule has 3 heterocycles. The highest BCUT2D eigenvalue weighted by atomic mass is 32.1. The molecule has 0 radical (unpaired) electrons. The van der Waals surface area contributed by atoms with E-state index in [2.05, 4.69) is 16.4 Å². The Morgan fingerprint density at radius 1 is 1.19 bits per heavy atom. The maximum absolute atomic E-state index is 12.7. The van der Waals surface area contributed by atoms with Gasteiger partial charge in [-0.3, -0.25) is 9.59 Å². The molecule has 0 aromatic carbocycles. The minimum atomic E-state index is -0.311. The molecule has 2 amide bonds. The first kappa shape index (κ1) is 18.6. The Labute approximate surface area is 167 Å². The predicted octanol–water partition coefficient (Wildman–Crippen LogP) is 4.06. The summed E-state index contributed by atoms with van der Waals surface area (Å²) >= 11 is 3.26. The molecule has 2 aromatic rings. The highest BCUT2D eigenvalue weighted by Crippen LogP contribution is 2.30. The van der Waals surface area contributed by atoms with Crippen LogP contribution in [0.4, 0.5) is 0 Å². The summed E-state index contributed by atoms with van der Waals surface area (Å²) in [6, 6.07) is 3.76. The van der Waals surface area contributed by atoms with Gasteiger partial charge in [-0.05, 0) is 43.0 Å². The number of likely N-dealkylation sites (tertiary alicyclic amines) is 1. The highest BCUT2D eigenvalue weighted by Gasteiger charge is 2.35. The second kappa shape index (κ2) is 8.52. The van der Waals surface area contributed by atoms with Crippen molar-refractivity contribution in [2.45, 2.75) is 57.5 Å². The number of amides is 2. The molecule has 1 atom stereocenters. The van der Waals surface area contributed by atoms with E-state index in [4.69, 9.17) is 0 Å². The number of hydrogen-bond acceptors (Lipinski definition) is 5. The normalized spacial score (nSPS) is 20.3. The fraction of sp³-hybridized carbons (Fsp3) is 0.550. The zero-order chi connectivity index (χ0) is 18.6. The van der Waals surface area contributed by atoms with E-state index < -0.39 is 0 Å². The lowest BCUT2D eigenvalue weighted by molar-refractivity contribution is -0.139. The van der Waals surface area contributed by atoms with Crippen LogP contribution < -0.4 is 5.32 Å². The van der Waals surface area contributed by atoms with Crippen LogP contribution in [-0.2, 0) is 16.1 Å². The second-order valence-electron chi connectivity index (χ2n) is 7.44. The molecule has 1 aliphatic carbocycles. The van der Waals surface area contributed by atoms with Crippen LogP contribution in [0.2, 0.25) is 0 Å². The van der Waals surface area contributed by atoms with Crippen molar-refractivity contribution in [3.63, 3.8) is 0 Å². The number of hydrogen-bond donors (Lipinski definition) is 1. The summed E-state index contributed by atoms with van der Waals surface area (Å²) < 4.78 is 0. The molecule has 1 unspecified atom stereocenters. The van der Waals surface area contributed by atoms with Crippen molar-refractivity contribution < 1.29 is 9.59 Å². The lowest BCUT2D eigenvalue weighted by Gasteiger charge is -2.25. The van der Waals surface area contributed by atoms with E-state index >= 15 is 0 Å². The van der Waals surface area contributed by atoms with Crippen molar-refractivity contribution in [1.82, 2.24) is 15.2 Å². The molecule has 1 aliphatic heterocycles. The van der Waals surface area contributed by atoms with E-state index in [1.165, 1.54) is 12.8 Å². The zero-order valence-electron chi connectivity index (χ0n) is 15.4. The van der Waals surface area contributed by atoms with Gasteiger partial charge in [0, 0.05) is 18.3 Å². The van der Waals surface area contributed by atoms with E-state index in [9.17, 15) is 9.59 Å². The largest absolute Gasteiger partial charge is 0.349 e. The molecule has 144 valence electrons. The summed E-state index contributed by atoms with van der Waals surface area (Å²) in [6.07, 6.45) is 7.08. The molecule has 0 spiro atoms. The molecule has 27 heavy (non-hydrogen) atoms. The monoisotopic (exact) mass is 403 g/mol. The molecule has 4 rings (SSSR count). The second-order valence-corrected chi connectivity index (χ2v) is 9.24. The summed E-state index contributed by atoms with van der Waals surface area (Å²) in [4.78, 5) is 32.9. The van der Waals surface area contributed by atoms with Crippen molar-refractivity contribution in [1.29, 1.82) is 0 Å². The maximum Gasteiger partial charge on any atom is 0.243 e. The van der Waals surface area contributed by atoms with Gasteiger partial charge in [0.2, 0.25) is 11.8 Å². The summed E-state index contributed by atoms with van der Waals surface area (Å²) in [5.74, 6) is 0.638. The summed E-state index contributed by atoms with van der Waals surface area (Å²) in [5, 5.41) is 8.01. The zero-order valence-corrected chi connectivity index (χ0v) is 17.0. The summed E-state index contributed by atoms with van der Waals surface area (Å²) in [7, 11) is 0. The summed E-state index contributed by atoms with van der Waals surface area (Å²) in [6.45, 7) is 1.13. The van der Waals surface area contributed by atoms with Crippen molar-refractivity contribution in [2.75, 3.05) is 6.54 Å². The molecular weight excluding hydrogens is 378 g/mol. The van der Waals surface area contributed by atoms with Crippen LogP contribution in [-0.4, -0.2) is 34.3 Å². The fourth-order valence-electron chi connectivity index (χ4n) is 4.11. The van der Waals surface area contributed by atoms with Crippen LogP contribution in [0.3, 0.4) is 0 Å². The first-order chi connectivity index (χ1) is 13.2. The van der Waals surface area contributed by atoms with Crippen LogP contribution >= 0.6 is 22.7 Å². The molecule has 1 N–H and O–H groups in total. The van der Waals surface area contributed by atoms with E-state index in [0.717, 1.165) is 41.3 Å². The Balaban J connectivity index is 1.31. The Bertz CT molecular complexity index is 781. The molecule has 2 aliphatic rings. The first-order valence-electron chi connectivity index (χ1n) is 9.76. The van der Waals surface area contributed by atoms with Crippen molar-refractivity contribution in [3.05, 3.63) is 28.6 Å². The van der Waals surface area contributed by atoms with E-state index in [0.29, 0.717) is 25.4 Å². The Kier molecular flexibility index (Phi) is 5.88. The number of nitrogens with one attached hydrogen (secondary N) is 1. The Morgan fingerprint density at radius 3 is 2.81 bits per heavy atom. The average Bonchev–Trinajstić information content (AvgIpc) is 3.47. The molecular formula is C20H25N3O2S2. The van der Waals surface area contributed by atoms with Crippen molar-refractivity contribution in [2.24, 2.45) is 5.92 Å². The van der Waals surface area contributed by atoms with E-state index in [1.54, 1.807) is 22.7 Å². The number of nitrogens with zero attached hydrogens (tertiary/aromatic N) is 2. The van der Waals surface area contributed by atoms with Gasteiger partial charge in [-0.1, -0.05) is 18.9 Å². The molecule has 5 nitrogen and oxygen atoms in total. The fourth-order valence-corrected chi connectivity index (χ4v) is 5.75. The van der Waals surface area contributed by atoms with Crippen LogP contribution in [0, 0.1) is 5.92 Å². The minimum Gasteiger partial charge on any atom is -0.349 e. The van der Waals surface area contributed by atoms with Crippen LogP contribution in [0.25, 0.3) is 9.88 Å². The smallest absolute Gasteiger partial charge is 0.243 e. The van der Waals surface area contributed by atoms with Gasteiger partial charge in [0.25, 0.3) is 0 Å². The number of rotatable bonds is 6. The van der Waals surface area contributed by atoms with Gasteiger partial charge in [0.1, 0.15) is 11.0 Å². The van der Waals surface area contributed by atoms with Gasteiger partial charge in [-0.15, -0.1) is 22.7 Å². The molecule has 0 bridgehead atoms. The lowest BCUT2D eigenvalue weighted by atomic mass is 10.0. The van der Waals surface area contributed by atoms with E-state index in [-0.39, 0.29) is 17.9 Å². The lowest BCUT2D eigenvalue weighted by Crippen LogP contribution is -2.46. The van der Waals surface area contributed by atoms with E-state index in [1.807, 2.05) is 21.7 Å². The molecule has 2 fully saturated rings. The third kappa shape index (κ3) is 4.41. The SMILES string of the molecule is O=C(NCc1csc(-c2cccs2)n1)C1CCCN1C(=O)CC1CCCC1. The predicted molar refractivity (Wildman–Crippen MR) is 109 cm³/mol. The number of carbonyl (C=O) groups excluding carboxylic acids is 2. The molecule has 7 heteroatoms. The Morgan fingerprint density at radius 2 is 2.04 bits per heavy atom. The molecule has 1 saturated carbocycles. The third-order valence-electron chi connectivity index (χ3n) is 5.54. The topological polar surface area (TPSA) is 62.3 Å². The number of aromatic nitrogens is 1. The van der Waals surface area contributed by atoms with Crippen molar-refractivity contribution >= 4 is 34.5 Å². The number of carbonyl (C=O) groups is 2. The quantitative estimate of drug-likeness (QED) is 0.791. The molecule has 1 saturated heterocycles. The van der Waals surface area contributed by atoms with Gasteiger partial charge >= 0.3 is 0 Å². The molecule has 2 aromatic heterocycles. The summed E-state index contributed by atoms with van der Waals surface area (Å²) in [5.41, 5.74) is 0.874. The third-order valence-corrected chi connectivity index (χ3v) is 7.47. The maximum atomic E-state index is 12.7. The van der Waals surface area contributed by atoms with Gasteiger partial charge in [0.15, 0.2) is 0 Å². The van der Waals surface area contributed by atoms with Gasteiger partial charge in [-0.2, -0.15) is 0 Å². The standard InChI is InChI=1S/C20H25N3O2S2/c24-18(11-14-5-1-2-6-14)23-9-3-7-16(23)19(25)21-12-15-13-27-20(22-15)17-8-4-10-26-17/h4,8,10,13-14,16H,1-3,5-7,9,11-12H2,(H,21,25). The van der Waals surface area contributed by atoms with Gasteiger partial charge in [0.05, 0.1) is 17.1 Å².